The third-order valence-corrected chi connectivity index (χ3v) is 5.89. The van der Waals surface area contributed by atoms with Crippen molar-refractivity contribution in [3.63, 3.8) is 0 Å². The van der Waals surface area contributed by atoms with Gasteiger partial charge in [-0.3, -0.25) is 10.1 Å². The standard InChI is InChI=1S/C19H26N4O2S/c1-23(2)13-10-16-21-22-18(26-16)20-17(24)19(11-4-5-12-19)14-6-8-15(25-3)9-7-14/h6-9H,4-5,10-13H2,1-3H3,(H,20,22,24). The zero-order valence-electron chi connectivity index (χ0n) is 15.6. The van der Waals surface area contributed by atoms with Crippen molar-refractivity contribution in [2.45, 2.75) is 37.5 Å². The zero-order chi connectivity index (χ0) is 18.6. The molecule has 1 aromatic heterocycles. The minimum atomic E-state index is -0.484. The summed E-state index contributed by atoms with van der Waals surface area (Å²) in [5.74, 6) is 0.826. The lowest BCUT2D eigenvalue weighted by Gasteiger charge is -2.27. The second-order valence-electron chi connectivity index (χ2n) is 7.03. The Balaban J connectivity index is 1.75. The number of carbonyl (C=O) groups excluding carboxylic acids is 1. The number of anilines is 1. The molecule has 0 atom stereocenters. The molecule has 0 unspecified atom stereocenters. The number of nitrogens with zero attached hydrogens (tertiary/aromatic N) is 3. The first kappa shape index (κ1) is 18.8. The van der Waals surface area contributed by atoms with E-state index >= 15 is 0 Å². The van der Waals surface area contributed by atoms with E-state index in [-0.39, 0.29) is 5.91 Å². The number of likely N-dealkylation sites (N-methyl/N-ethyl adjacent to an activating group) is 1. The Morgan fingerprint density at radius 2 is 1.92 bits per heavy atom. The average molecular weight is 375 g/mol. The molecule has 2 aromatic rings. The van der Waals surface area contributed by atoms with Gasteiger partial charge in [-0.15, -0.1) is 10.2 Å². The summed E-state index contributed by atoms with van der Waals surface area (Å²) >= 11 is 1.46. The Hall–Kier alpha value is -1.99. The van der Waals surface area contributed by atoms with E-state index in [9.17, 15) is 4.79 Å². The second-order valence-corrected chi connectivity index (χ2v) is 8.09. The Morgan fingerprint density at radius 1 is 1.23 bits per heavy atom. The number of hydrogen-bond acceptors (Lipinski definition) is 6. The number of rotatable bonds is 7. The van der Waals surface area contributed by atoms with Crippen LogP contribution in [-0.2, 0) is 16.6 Å². The molecule has 1 fully saturated rings. The molecule has 1 aromatic carbocycles. The van der Waals surface area contributed by atoms with Crippen LogP contribution in [0.5, 0.6) is 5.75 Å². The Labute approximate surface area is 158 Å². The van der Waals surface area contributed by atoms with Crippen molar-refractivity contribution in [3.8, 4) is 5.75 Å². The molecular weight excluding hydrogens is 348 g/mol. The molecule has 7 heteroatoms. The number of carbonyl (C=O) groups is 1. The number of aromatic nitrogens is 2. The lowest BCUT2D eigenvalue weighted by atomic mass is 9.78. The summed E-state index contributed by atoms with van der Waals surface area (Å²) in [6.07, 6.45) is 4.67. The molecule has 1 heterocycles. The fourth-order valence-electron chi connectivity index (χ4n) is 3.48. The number of benzene rings is 1. The summed E-state index contributed by atoms with van der Waals surface area (Å²) in [4.78, 5) is 15.3. The summed E-state index contributed by atoms with van der Waals surface area (Å²) in [6, 6.07) is 7.86. The molecule has 0 radical (unpaired) electrons. The van der Waals surface area contributed by atoms with Crippen molar-refractivity contribution in [3.05, 3.63) is 34.8 Å². The number of hydrogen-bond donors (Lipinski definition) is 1. The Bertz CT molecular complexity index is 736. The lowest BCUT2D eigenvalue weighted by Crippen LogP contribution is -2.37. The first-order valence-corrected chi connectivity index (χ1v) is 9.78. The molecule has 1 N–H and O–H groups in total. The van der Waals surface area contributed by atoms with Gasteiger partial charge < -0.3 is 9.64 Å². The molecule has 1 saturated carbocycles. The third-order valence-electron chi connectivity index (χ3n) is 4.99. The van der Waals surface area contributed by atoms with Crippen molar-refractivity contribution in [1.29, 1.82) is 0 Å². The Morgan fingerprint density at radius 3 is 2.54 bits per heavy atom. The molecule has 0 spiro atoms. The fourth-order valence-corrected chi connectivity index (χ4v) is 4.20. The average Bonchev–Trinajstić information content (AvgIpc) is 3.30. The SMILES string of the molecule is COc1ccc(C2(C(=O)Nc3nnc(CCN(C)C)s3)CCCC2)cc1. The van der Waals surface area contributed by atoms with Crippen molar-refractivity contribution in [1.82, 2.24) is 15.1 Å². The van der Waals surface area contributed by atoms with E-state index in [1.807, 2.05) is 38.4 Å². The highest BCUT2D eigenvalue weighted by Gasteiger charge is 2.43. The molecular formula is C19H26N4O2S. The second kappa shape index (κ2) is 8.14. The molecule has 1 amide bonds. The predicted molar refractivity (Wildman–Crippen MR) is 104 cm³/mol. The molecule has 1 aliphatic carbocycles. The number of ether oxygens (including phenoxy) is 1. The van der Waals surface area contributed by atoms with Gasteiger partial charge >= 0.3 is 0 Å². The van der Waals surface area contributed by atoms with Gasteiger partial charge in [-0.25, -0.2) is 0 Å². The van der Waals surface area contributed by atoms with Gasteiger partial charge in [-0.1, -0.05) is 36.3 Å². The Kier molecular flexibility index (Phi) is 5.88. The number of methoxy groups -OCH3 is 1. The van der Waals surface area contributed by atoms with Crippen LogP contribution < -0.4 is 10.1 Å². The van der Waals surface area contributed by atoms with E-state index in [4.69, 9.17) is 4.74 Å². The van der Waals surface area contributed by atoms with E-state index in [1.54, 1.807) is 7.11 Å². The maximum atomic E-state index is 13.2. The van der Waals surface area contributed by atoms with Gasteiger partial charge in [0, 0.05) is 13.0 Å². The van der Waals surface area contributed by atoms with Crippen molar-refractivity contribution in [2.24, 2.45) is 0 Å². The van der Waals surface area contributed by atoms with E-state index in [1.165, 1.54) is 11.3 Å². The van der Waals surface area contributed by atoms with Gasteiger partial charge in [0.2, 0.25) is 11.0 Å². The smallest absolute Gasteiger partial charge is 0.236 e. The zero-order valence-corrected chi connectivity index (χ0v) is 16.4. The van der Waals surface area contributed by atoms with Crippen LogP contribution >= 0.6 is 11.3 Å². The molecule has 0 saturated heterocycles. The summed E-state index contributed by atoms with van der Waals surface area (Å²) in [5, 5.41) is 12.9. The molecule has 0 aliphatic heterocycles. The summed E-state index contributed by atoms with van der Waals surface area (Å²) in [7, 11) is 5.71. The van der Waals surface area contributed by atoms with E-state index in [0.29, 0.717) is 5.13 Å². The molecule has 3 rings (SSSR count). The molecule has 6 nitrogen and oxygen atoms in total. The van der Waals surface area contributed by atoms with Crippen LogP contribution in [0.25, 0.3) is 0 Å². The normalized spacial score (nSPS) is 16.0. The van der Waals surface area contributed by atoms with Gasteiger partial charge in [0.15, 0.2) is 0 Å². The van der Waals surface area contributed by atoms with Gasteiger partial charge in [-0.05, 0) is 44.6 Å². The highest BCUT2D eigenvalue weighted by Crippen LogP contribution is 2.42. The van der Waals surface area contributed by atoms with Crippen LogP contribution in [0.1, 0.15) is 36.3 Å². The van der Waals surface area contributed by atoms with Gasteiger partial charge in [-0.2, -0.15) is 0 Å². The van der Waals surface area contributed by atoms with Gasteiger partial charge in [0.05, 0.1) is 12.5 Å². The fraction of sp³-hybridized carbons (Fsp3) is 0.526. The van der Waals surface area contributed by atoms with Gasteiger partial charge in [0.25, 0.3) is 0 Å². The number of amides is 1. The third kappa shape index (κ3) is 4.04. The molecule has 1 aliphatic rings. The largest absolute Gasteiger partial charge is 0.497 e. The van der Waals surface area contributed by atoms with Crippen LogP contribution in [-0.4, -0.2) is 48.8 Å². The summed E-state index contributed by atoms with van der Waals surface area (Å²) in [5.41, 5.74) is 0.563. The topological polar surface area (TPSA) is 67.3 Å². The first-order chi connectivity index (χ1) is 12.5. The van der Waals surface area contributed by atoms with E-state index in [0.717, 1.165) is 55.0 Å². The summed E-state index contributed by atoms with van der Waals surface area (Å²) < 4.78 is 5.24. The van der Waals surface area contributed by atoms with Crippen molar-refractivity contribution in [2.75, 3.05) is 33.1 Å². The monoisotopic (exact) mass is 374 g/mol. The van der Waals surface area contributed by atoms with E-state index in [2.05, 4.69) is 20.4 Å². The van der Waals surface area contributed by atoms with Gasteiger partial charge in [0.1, 0.15) is 10.8 Å². The molecule has 26 heavy (non-hydrogen) atoms. The van der Waals surface area contributed by atoms with Crippen molar-refractivity contribution >= 4 is 22.4 Å². The molecule has 140 valence electrons. The van der Waals surface area contributed by atoms with Crippen molar-refractivity contribution < 1.29 is 9.53 Å². The minimum Gasteiger partial charge on any atom is -0.497 e. The highest BCUT2D eigenvalue weighted by molar-refractivity contribution is 7.15. The minimum absolute atomic E-state index is 0.0236. The maximum absolute atomic E-state index is 13.2. The first-order valence-electron chi connectivity index (χ1n) is 8.96. The van der Waals surface area contributed by atoms with Crippen LogP contribution in [0, 0.1) is 0 Å². The lowest BCUT2D eigenvalue weighted by molar-refractivity contribution is -0.121. The summed E-state index contributed by atoms with van der Waals surface area (Å²) in [6.45, 7) is 0.915. The molecule has 0 bridgehead atoms. The predicted octanol–water partition coefficient (Wildman–Crippen LogP) is 3.10. The highest BCUT2D eigenvalue weighted by atomic mass is 32.1. The van der Waals surface area contributed by atoms with Crippen LogP contribution in [0.4, 0.5) is 5.13 Å². The maximum Gasteiger partial charge on any atom is 0.236 e. The van der Waals surface area contributed by atoms with Crippen LogP contribution in [0.15, 0.2) is 24.3 Å². The number of nitrogens with one attached hydrogen (secondary N) is 1. The van der Waals surface area contributed by atoms with Crippen LogP contribution in [0.2, 0.25) is 0 Å². The van der Waals surface area contributed by atoms with E-state index < -0.39 is 5.41 Å². The van der Waals surface area contributed by atoms with Crippen LogP contribution in [0.3, 0.4) is 0 Å². The quantitative estimate of drug-likeness (QED) is 0.807.